The van der Waals surface area contributed by atoms with Gasteiger partial charge in [0.15, 0.2) is 0 Å². The molecule has 0 bridgehead atoms. The van der Waals surface area contributed by atoms with Crippen molar-refractivity contribution in [3.63, 3.8) is 0 Å². The monoisotopic (exact) mass is 271 g/mol. The Hall–Kier alpha value is -0.650. The van der Waals surface area contributed by atoms with Gasteiger partial charge in [-0.3, -0.25) is 4.79 Å². The second-order valence-corrected chi connectivity index (χ2v) is 5.78. The highest BCUT2D eigenvalue weighted by atomic mass is 16.4. The molecule has 112 valence electrons. The number of hydrogen-bond donors (Lipinski definition) is 2. The number of carbonyl (C=O) groups is 1. The van der Waals surface area contributed by atoms with Gasteiger partial charge >= 0.3 is 5.97 Å². The summed E-state index contributed by atoms with van der Waals surface area (Å²) in [6.07, 6.45) is 3.00. The minimum absolute atomic E-state index is 0.595. The lowest BCUT2D eigenvalue weighted by Gasteiger charge is -2.37. The molecule has 5 heteroatoms. The summed E-state index contributed by atoms with van der Waals surface area (Å²) in [4.78, 5) is 16.0. The first-order chi connectivity index (χ1) is 8.92. The van der Waals surface area contributed by atoms with Crippen LogP contribution in [-0.2, 0) is 4.79 Å². The Bertz CT molecular complexity index is 290. The van der Waals surface area contributed by atoms with E-state index in [2.05, 4.69) is 29.1 Å². The third-order valence-electron chi connectivity index (χ3n) is 4.62. The lowest BCUT2D eigenvalue weighted by Crippen LogP contribution is -2.51. The minimum atomic E-state index is -0.821. The molecule has 1 aliphatic rings. The van der Waals surface area contributed by atoms with E-state index in [-0.39, 0.29) is 0 Å². The molecular formula is C14H29N3O2. The third kappa shape index (κ3) is 4.44. The SMILES string of the molecule is CCN1CCC(N(C)CCC(C)(NC)C(=O)O)CC1. The maximum Gasteiger partial charge on any atom is 0.323 e. The van der Waals surface area contributed by atoms with Crippen LogP contribution in [-0.4, -0.2) is 72.7 Å². The second-order valence-electron chi connectivity index (χ2n) is 5.78. The summed E-state index contributed by atoms with van der Waals surface area (Å²) in [7, 11) is 3.83. The zero-order valence-electron chi connectivity index (χ0n) is 12.8. The predicted octanol–water partition coefficient (Wildman–Crippen LogP) is 0.855. The lowest BCUT2D eigenvalue weighted by atomic mass is 9.96. The Kier molecular flexibility index (Phi) is 6.23. The van der Waals surface area contributed by atoms with Gasteiger partial charge in [-0.1, -0.05) is 6.92 Å². The Balaban J connectivity index is 2.39. The van der Waals surface area contributed by atoms with Crippen LogP contribution in [0.5, 0.6) is 0 Å². The maximum absolute atomic E-state index is 11.2. The molecule has 1 fully saturated rings. The molecule has 0 saturated carbocycles. The number of aliphatic carboxylic acids is 1. The minimum Gasteiger partial charge on any atom is -0.480 e. The fourth-order valence-electron chi connectivity index (χ4n) is 2.60. The molecule has 2 N–H and O–H groups in total. The number of likely N-dealkylation sites (tertiary alicyclic amines) is 1. The zero-order valence-corrected chi connectivity index (χ0v) is 12.8. The number of piperidine rings is 1. The molecule has 19 heavy (non-hydrogen) atoms. The molecule has 0 spiro atoms. The predicted molar refractivity (Wildman–Crippen MR) is 77.5 cm³/mol. The van der Waals surface area contributed by atoms with Crippen LogP contribution in [0.25, 0.3) is 0 Å². The molecule has 0 aliphatic carbocycles. The van der Waals surface area contributed by atoms with E-state index < -0.39 is 11.5 Å². The number of likely N-dealkylation sites (N-methyl/N-ethyl adjacent to an activating group) is 1. The molecule has 5 nitrogen and oxygen atoms in total. The molecule has 1 atom stereocenters. The summed E-state index contributed by atoms with van der Waals surface area (Å²) in [5.41, 5.74) is -0.821. The Morgan fingerprint density at radius 1 is 1.47 bits per heavy atom. The van der Waals surface area contributed by atoms with E-state index in [9.17, 15) is 9.90 Å². The van der Waals surface area contributed by atoms with Crippen LogP contribution in [0.2, 0.25) is 0 Å². The number of nitrogens with zero attached hydrogens (tertiary/aromatic N) is 2. The van der Waals surface area contributed by atoms with Crippen LogP contribution in [0.1, 0.15) is 33.1 Å². The third-order valence-corrected chi connectivity index (χ3v) is 4.62. The highest BCUT2D eigenvalue weighted by Crippen LogP contribution is 2.17. The van der Waals surface area contributed by atoms with Gasteiger partial charge in [0.25, 0.3) is 0 Å². The van der Waals surface area contributed by atoms with Crippen LogP contribution >= 0.6 is 0 Å². The molecule has 0 radical (unpaired) electrons. The molecule has 1 unspecified atom stereocenters. The Labute approximate surface area is 117 Å². The molecule has 1 heterocycles. The first-order valence-electron chi connectivity index (χ1n) is 7.28. The highest BCUT2D eigenvalue weighted by Gasteiger charge is 2.32. The van der Waals surface area contributed by atoms with Crippen molar-refractivity contribution < 1.29 is 9.90 Å². The lowest BCUT2D eigenvalue weighted by molar-refractivity contribution is -0.144. The molecular weight excluding hydrogens is 242 g/mol. The van der Waals surface area contributed by atoms with Gasteiger partial charge in [-0.05, 0) is 59.9 Å². The topological polar surface area (TPSA) is 55.8 Å². The molecule has 1 aliphatic heterocycles. The van der Waals surface area contributed by atoms with Crippen LogP contribution in [0.3, 0.4) is 0 Å². The van der Waals surface area contributed by atoms with Crippen molar-refractivity contribution in [3.8, 4) is 0 Å². The van der Waals surface area contributed by atoms with Crippen LogP contribution in [0.4, 0.5) is 0 Å². The van der Waals surface area contributed by atoms with E-state index in [1.165, 1.54) is 12.8 Å². The number of nitrogens with one attached hydrogen (secondary N) is 1. The normalized spacial score (nSPS) is 21.5. The van der Waals surface area contributed by atoms with Gasteiger partial charge in [0.1, 0.15) is 5.54 Å². The van der Waals surface area contributed by atoms with Crippen molar-refractivity contribution in [1.29, 1.82) is 0 Å². The van der Waals surface area contributed by atoms with Crippen molar-refractivity contribution in [2.45, 2.75) is 44.7 Å². The average molecular weight is 271 g/mol. The number of rotatable bonds is 7. The Morgan fingerprint density at radius 2 is 2.05 bits per heavy atom. The molecule has 0 aromatic carbocycles. The summed E-state index contributed by atoms with van der Waals surface area (Å²) in [5.74, 6) is -0.774. The Morgan fingerprint density at radius 3 is 2.47 bits per heavy atom. The quantitative estimate of drug-likeness (QED) is 0.719. The van der Waals surface area contributed by atoms with E-state index in [4.69, 9.17) is 0 Å². The molecule has 0 aromatic heterocycles. The summed E-state index contributed by atoms with van der Waals surface area (Å²) < 4.78 is 0. The molecule has 1 saturated heterocycles. The van der Waals surface area contributed by atoms with Gasteiger partial charge in [-0.2, -0.15) is 0 Å². The van der Waals surface area contributed by atoms with Crippen molar-refractivity contribution >= 4 is 5.97 Å². The van der Waals surface area contributed by atoms with Crippen LogP contribution in [0.15, 0.2) is 0 Å². The number of hydrogen-bond acceptors (Lipinski definition) is 4. The van der Waals surface area contributed by atoms with Crippen LogP contribution < -0.4 is 5.32 Å². The van der Waals surface area contributed by atoms with Crippen molar-refractivity contribution in [3.05, 3.63) is 0 Å². The van der Waals surface area contributed by atoms with E-state index in [1.807, 2.05) is 0 Å². The van der Waals surface area contributed by atoms with Gasteiger partial charge in [0, 0.05) is 12.6 Å². The van der Waals surface area contributed by atoms with Crippen molar-refractivity contribution in [2.24, 2.45) is 0 Å². The second kappa shape index (κ2) is 7.22. The van der Waals surface area contributed by atoms with E-state index in [0.29, 0.717) is 12.5 Å². The van der Waals surface area contributed by atoms with Gasteiger partial charge in [0.05, 0.1) is 0 Å². The fraction of sp³-hybridized carbons (Fsp3) is 0.929. The molecule has 0 amide bonds. The number of carboxylic acids is 1. The van der Waals surface area contributed by atoms with Gasteiger partial charge in [-0.15, -0.1) is 0 Å². The van der Waals surface area contributed by atoms with E-state index in [0.717, 1.165) is 26.2 Å². The maximum atomic E-state index is 11.2. The molecule has 0 aromatic rings. The summed E-state index contributed by atoms with van der Waals surface area (Å²) in [6, 6.07) is 0.595. The summed E-state index contributed by atoms with van der Waals surface area (Å²) >= 11 is 0. The summed E-state index contributed by atoms with van der Waals surface area (Å²) in [5, 5.41) is 12.2. The van der Waals surface area contributed by atoms with Gasteiger partial charge < -0.3 is 20.2 Å². The van der Waals surface area contributed by atoms with Crippen molar-refractivity contribution in [1.82, 2.24) is 15.1 Å². The van der Waals surface area contributed by atoms with Gasteiger partial charge in [0.2, 0.25) is 0 Å². The first kappa shape index (κ1) is 16.4. The average Bonchev–Trinajstić information content (AvgIpc) is 2.44. The van der Waals surface area contributed by atoms with Gasteiger partial charge in [-0.25, -0.2) is 0 Å². The van der Waals surface area contributed by atoms with E-state index in [1.54, 1.807) is 14.0 Å². The number of carboxylic acid groups (broad SMARTS) is 1. The van der Waals surface area contributed by atoms with Crippen LogP contribution in [0, 0.1) is 0 Å². The smallest absolute Gasteiger partial charge is 0.323 e. The van der Waals surface area contributed by atoms with Crippen molar-refractivity contribution in [2.75, 3.05) is 40.3 Å². The largest absolute Gasteiger partial charge is 0.480 e. The fourth-order valence-corrected chi connectivity index (χ4v) is 2.60. The zero-order chi connectivity index (χ0) is 14.5. The molecule has 1 rings (SSSR count). The highest BCUT2D eigenvalue weighted by molar-refractivity contribution is 5.78. The summed E-state index contributed by atoms with van der Waals surface area (Å²) in [6.45, 7) is 8.23. The van der Waals surface area contributed by atoms with E-state index >= 15 is 0 Å². The standard InChI is InChI=1S/C14H29N3O2/c1-5-17-9-6-12(7-10-17)16(4)11-8-14(2,15-3)13(18)19/h12,15H,5-11H2,1-4H3,(H,18,19). The first-order valence-corrected chi connectivity index (χ1v) is 7.28.